The molecule has 1 aliphatic carbocycles. The van der Waals surface area contributed by atoms with Crippen LogP contribution in [0.5, 0.6) is 0 Å². The molecular weight excluding hydrogens is 317 g/mol. The van der Waals surface area contributed by atoms with Crippen molar-refractivity contribution < 1.29 is 9.18 Å². The highest BCUT2D eigenvalue weighted by molar-refractivity contribution is 5.80. The number of carbonyl (C=O) groups excluding carboxylic acids is 1. The van der Waals surface area contributed by atoms with E-state index >= 15 is 0 Å². The molecule has 1 aliphatic rings. The van der Waals surface area contributed by atoms with Gasteiger partial charge in [-0.25, -0.2) is 4.39 Å². The molecule has 0 unspecified atom stereocenters. The second-order valence-electron chi connectivity index (χ2n) is 7.90. The Morgan fingerprint density at radius 1 is 1.40 bits per heavy atom. The number of halogens is 1. The van der Waals surface area contributed by atoms with Gasteiger partial charge in [0.2, 0.25) is 5.91 Å². The molecule has 0 bridgehead atoms. The lowest BCUT2D eigenvalue weighted by molar-refractivity contribution is -0.141. The van der Waals surface area contributed by atoms with Crippen molar-refractivity contribution in [2.45, 2.75) is 52.1 Å². The molecule has 0 saturated heterocycles. The number of benzene rings is 1. The molecule has 25 heavy (non-hydrogen) atoms. The van der Waals surface area contributed by atoms with Crippen LogP contribution in [-0.2, 0) is 31.2 Å². The van der Waals surface area contributed by atoms with Gasteiger partial charge in [0, 0.05) is 37.2 Å². The molecule has 1 heterocycles. The van der Waals surface area contributed by atoms with Crippen molar-refractivity contribution in [3.63, 3.8) is 0 Å². The Morgan fingerprint density at radius 3 is 2.84 bits per heavy atom. The zero-order chi connectivity index (χ0) is 18.2. The van der Waals surface area contributed by atoms with Gasteiger partial charge in [-0.15, -0.1) is 0 Å². The molecular formula is C20H26FN3O. The van der Waals surface area contributed by atoms with Gasteiger partial charge >= 0.3 is 0 Å². The Bertz CT molecular complexity index is 775. The molecule has 4 nitrogen and oxygen atoms in total. The smallest absolute Gasteiger partial charge is 0.226 e. The van der Waals surface area contributed by atoms with Crippen molar-refractivity contribution in [3.05, 3.63) is 53.1 Å². The molecule has 1 amide bonds. The van der Waals surface area contributed by atoms with Gasteiger partial charge in [0.15, 0.2) is 0 Å². The van der Waals surface area contributed by atoms with E-state index < -0.39 is 0 Å². The maximum atomic E-state index is 13.5. The summed E-state index contributed by atoms with van der Waals surface area (Å²) < 4.78 is 15.4. The summed E-state index contributed by atoms with van der Waals surface area (Å²) in [6, 6.07) is 6.50. The van der Waals surface area contributed by atoms with Gasteiger partial charge in [-0.1, -0.05) is 12.1 Å². The highest BCUT2D eigenvalue weighted by atomic mass is 19.1. The first-order valence-electron chi connectivity index (χ1n) is 8.81. The third-order valence-electron chi connectivity index (χ3n) is 5.00. The number of carbonyl (C=O) groups is 1. The average molecular weight is 343 g/mol. The Balaban J connectivity index is 1.82. The third kappa shape index (κ3) is 3.75. The number of nitrogens with zero attached hydrogens (tertiary/aromatic N) is 3. The lowest BCUT2D eigenvalue weighted by Crippen LogP contribution is -2.48. The van der Waals surface area contributed by atoms with Crippen molar-refractivity contribution in [1.82, 2.24) is 14.7 Å². The van der Waals surface area contributed by atoms with Gasteiger partial charge in [-0.2, -0.15) is 5.10 Å². The van der Waals surface area contributed by atoms with E-state index in [2.05, 4.69) is 5.10 Å². The largest absolute Gasteiger partial charge is 0.333 e. The molecule has 1 aromatic heterocycles. The summed E-state index contributed by atoms with van der Waals surface area (Å²) in [6.45, 7) is 6.52. The molecule has 3 rings (SSSR count). The van der Waals surface area contributed by atoms with Crippen molar-refractivity contribution in [1.29, 1.82) is 0 Å². The maximum Gasteiger partial charge on any atom is 0.226 e. The number of hydrogen-bond donors (Lipinski definition) is 0. The van der Waals surface area contributed by atoms with Gasteiger partial charge in [-0.05, 0) is 56.9 Å². The Labute approximate surface area is 148 Å². The van der Waals surface area contributed by atoms with E-state index in [1.807, 2.05) is 49.7 Å². The molecule has 0 radical (unpaired) electrons. The third-order valence-corrected chi connectivity index (χ3v) is 5.00. The summed E-state index contributed by atoms with van der Waals surface area (Å²) in [7, 11) is 1.93. The SMILES string of the molecule is Cn1ncc2c1C[C@@H](C(=O)N(Cc1cccc(F)c1)C(C)(C)C)CC2. The zero-order valence-corrected chi connectivity index (χ0v) is 15.4. The number of aromatic nitrogens is 2. The predicted octanol–water partition coefficient (Wildman–Crippen LogP) is 3.49. The van der Waals surface area contributed by atoms with E-state index in [4.69, 9.17) is 0 Å². The van der Waals surface area contributed by atoms with Crippen LogP contribution < -0.4 is 0 Å². The summed E-state index contributed by atoms with van der Waals surface area (Å²) >= 11 is 0. The zero-order valence-electron chi connectivity index (χ0n) is 15.4. The van der Waals surface area contributed by atoms with E-state index in [9.17, 15) is 9.18 Å². The second-order valence-corrected chi connectivity index (χ2v) is 7.90. The molecule has 0 fully saturated rings. The number of hydrogen-bond acceptors (Lipinski definition) is 2. The van der Waals surface area contributed by atoms with Gasteiger partial charge in [0.25, 0.3) is 0 Å². The predicted molar refractivity (Wildman–Crippen MR) is 95.4 cm³/mol. The number of aryl methyl sites for hydroxylation is 2. The highest BCUT2D eigenvalue weighted by Gasteiger charge is 2.34. The lowest BCUT2D eigenvalue weighted by Gasteiger charge is -2.39. The van der Waals surface area contributed by atoms with Crippen LogP contribution >= 0.6 is 0 Å². The number of amides is 1. The second kappa shape index (κ2) is 6.62. The van der Waals surface area contributed by atoms with Gasteiger partial charge < -0.3 is 4.90 Å². The van der Waals surface area contributed by atoms with Crippen LogP contribution in [-0.4, -0.2) is 26.1 Å². The maximum absolute atomic E-state index is 13.5. The van der Waals surface area contributed by atoms with Gasteiger partial charge in [0.05, 0.1) is 6.20 Å². The van der Waals surface area contributed by atoms with Crippen molar-refractivity contribution in [2.75, 3.05) is 0 Å². The van der Waals surface area contributed by atoms with Crippen LogP contribution in [0.3, 0.4) is 0 Å². The molecule has 0 saturated carbocycles. The summed E-state index contributed by atoms with van der Waals surface area (Å²) in [5, 5.41) is 4.31. The van der Waals surface area contributed by atoms with E-state index in [-0.39, 0.29) is 23.2 Å². The molecule has 0 N–H and O–H groups in total. The first-order chi connectivity index (χ1) is 11.8. The fourth-order valence-corrected chi connectivity index (χ4v) is 3.54. The normalized spacial score (nSPS) is 17.2. The van der Waals surface area contributed by atoms with Crippen LogP contribution in [0.1, 0.15) is 44.0 Å². The number of fused-ring (bicyclic) bond motifs is 1. The standard InChI is InChI=1S/C20H26FN3O/c1-20(2,3)24(13-14-6-5-7-17(21)10-14)19(25)15-8-9-16-12-22-23(4)18(16)11-15/h5-7,10,12,15H,8-9,11,13H2,1-4H3/t15-/m0/s1. The molecule has 5 heteroatoms. The van der Waals surface area contributed by atoms with Gasteiger partial charge in [-0.3, -0.25) is 9.48 Å². The van der Waals surface area contributed by atoms with Crippen LogP contribution in [0.15, 0.2) is 30.5 Å². The monoisotopic (exact) mass is 343 g/mol. The van der Waals surface area contributed by atoms with Crippen LogP contribution in [0.2, 0.25) is 0 Å². The topological polar surface area (TPSA) is 38.1 Å². The summed E-state index contributed by atoms with van der Waals surface area (Å²) in [6.07, 6.45) is 4.36. The van der Waals surface area contributed by atoms with E-state index in [0.717, 1.165) is 30.5 Å². The van der Waals surface area contributed by atoms with E-state index in [0.29, 0.717) is 6.54 Å². The van der Waals surface area contributed by atoms with Crippen molar-refractivity contribution in [2.24, 2.45) is 13.0 Å². The molecule has 2 aromatic rings. The first-order valence-corrected chi connectivity index (χ1v) is 8.81. The fourth-order valence-electron chi connectivity index (χ4n) is 3.54. The van der Waals surface area contributed by atoms with E-state index in [1.54, 1.807) is 6.07 Å². The minimum Gasteiger partial charge on any atom is -0.333 e. The first kappa shape index (κ1) is 17.6. The number of rotatable bonds is 3. The van der Waals surface area contributed by atoms with Crippen LogP contribution in [0, 0.1) is 11.7 Å². The molecule has 0 aliphatic heterocycles. The van der Waals surface area contributed by atoms with Crippen molar-refractivity contribution in [3.8, 4) is 0 Å². The lowest BCUT2D eigenvalue weighted by atomic mass is 9.86. The highest BCUT2D eigenvalue weighted by Crippen LogP contribution is 2.29. The average Bonchev–Trinajstić information content (AvgIpc) is 2.92. The van der Waals surface area contributed by atoms with Gasteiger partial charge in [0.1, 0.15) is 5.82 Å². The Kier molecular flexibility index (Phi) is 4.67. The Hall–Kier alpha value is -2.17. The molecule has 134 valence electrons. The summed E-state index contributed by atoms with van der Waals surface area (Å²) in [5.74, 6) is -0.171. The Morgan fingerprint density at radius 2 is 2.16 bits per heavy atom. The fraction of sp³-hybridized carbons (Fsp3) is 0.500. The summed E-state index contributed by atoms with van der Waals surface area (Å²) in [5.41, 5.74) is 2.90. The molecule has 1 atom stereocenters. The van der Waals surface area contributed by atoms with Crippen LogP contribution in [0.25, 0.3) is 0 Å². The summed E-state index contributed by atoms with van der Waals surface area (Å²) in [4.78, 5) is 15.2. The molecule has 1 aromatic carbocycles. The molecule has 0 spiro atoms. The quantitative estimate of drug-likeness (QED) is 0.856. The minimum atomic E-state index is -0.323. The van der Waals surface area contributed by atoms with Crippen LogP contribution in [0.4, 0.5) is 4.39 Å². The van der Waals surface area contributed by atoms with Crippen molar-refractivity contribution >= 4 is 5.91 Å². The minimum absolute atomic E-state index is 0.0457. The van der Waals surface area contributed by atoms with E-state index in [1.165, 1.54) is 17.7 Å².